The molecule has 5 heterocycles. The molecule has 1 unspecified atom stereocenters. The van der Waals surface area contributed by atoms with Crippen molar-refractivity contribution in [1.82, 2.24) is 34.4 Å². The molecule has 0 aromatic carbocycles. The molecule has 3 aromatic heterocycles. The number of fused-ring (bicyclic) bond motifs is 2. The first kappa shape index (κ1) is 20.4. The lowest BCUT2D eigenvalue weighted by atomic mass is 9.80. The Morgan fingerprint density at radius 2 is 2.00 bits per heavy atom. The summed E-state index contributed by atoms with van der Waals surface area (Å²) in [5.74, 6) is 1.86. The highest BCUT2D eigenvalue weighted by atomic mass is 16.2. The van der Waals surface area contributed by atoms with Gasteiger partial charge in [-0.3, -0.25) is 14.0 Å². The van der Waals surface area contributed by atoms with Gasteiger partial charge in [0.15, 0.2) is 0 Å². The van der Waals surface area contributed by atoms with Crippen molar-refractivity contribution in [3.8, 4) is 0 Å². The standard InChI is InChI=1S/C24H29N7O2/c1-16-20(30-11-3-2-4-18(30)26-16)23(33)29-12-9-24(15-29)8-7-19-27-28-21(31(19)13-10-24)22(32)25-14-17-5-6-17/h2-4,11,17H,5-10,12-15H2,1H3,(H,25,32). The summed E-state index contributed by atoms with van der Waals surface area (Å²) in [7, 11) is 0. The van der Waals surface area contributed by atoms with E-state index in [0.717, 1.165) is 62.5 Å². The maximum atomic E-state index is 13.5. The summed E-state index contributed by atoms with van der Waals surface area (Å²) >= 11 is 0. The van der Waals surface area contributed by atoms with Crippen LogP contribution >= 0.6 is 0 Å². The molecule has 1 aliphatic carbocycles. The zero-order valence-electron chi connectivity index (χ0n) is 19.0. The predicted octanol–water partition coefficient (Wildman–Crippen LogP) is 2.24. The number of hydrogen-bond acceptors (Lipinski definition) is 5. The molecule has 1 saturated carbocycles. The highest BCUT2D eigenvalue weighted by molar-refractivity contribution is 5.95. The Bertz CT molecular complexity index is 1240. The van der Waals surface area contributed by atoms with Gasteiger partial charge in [0.05, 0.1) is 5.69 Å². The number of nitrogens with one attached hydrogen (secondary N) is 1. The molecule has 1 saturated heterocycles. The molecule has 33 heavy (non-hydrogen) atoms. The van der Waals surface area contributed by atoms with Gasteiger partial charge in [-0.25, -0.2) is 4.98 Å². The van der Waals surface area contributed by atoms with E-state index in [4.69, 9.17) is 0 Å². The molecule has 9 heteroatoms. The Morgan fingerprint density at radius 1 is 1.15 bits per heavy atom. The van der Waals surface area contributed by atoms with E-state index in [-0.39, 0.29) is 17.2 Å². The zero-order valence-corrected chi connectivity index (χ0v) is 19.0. The number of likely N-dealkylation sites (tertiary alicyclic amines) is 1. The van der Waals surface area contributed by atoms with Gasteiger partial charge in [0.25, 0.3) is 11.8 Å². The third kappa shape index (κ3) is 3.59. The first-order chi connectivity index (χ1) is 16.0. The number of hydrogen-bond donors (Lipinski definition) is 1. The van der Waals surface area contributed by atoms with Crippen LogP contribution in [0, 0.1) is 18.3 Å². The van der Waals surface area contributed by atoms with Crippen molar-refractivity contribution in [3.05, 3.63) is 47.4 Å². The summed E-state index contributed by atoms with van der Waals surface area (Å²) in [6, 6.07) is 5.79. The van der Waals surface area contributed by atoms with E-state index < -0.39 is 0 Å². The van der Waals surface area contributed by atoms with Crippen LogP contribution in [0.15, 0.2) is 24.4 Å². The van der Waals surface area contributed by atoms with Gasteiger partial charge < -0.3 is 14.8 Å². The predicted molar refractivity (Wildman–Crippen MR) is 121 cm³/mol. The Labute approximate surface area is 192 Å². The van der Waals surface area contributed by atoms with Gasteiger partial charge >= 0.3 is 0 Å². The van der Waals surface area contributed by atoms with Crippen molar-refractivity contribution >= 4 is 17.5 Å². The van der Waals surface area contributed by atoms with Crippen molar-refractivity contribution in [1.29, 1.82) is 0 Å². The minimum Gasteiger partial charge on any atom is -0.349 e. The number of pyridine rings is 1. The number of imidazole rings is 1. The summed E-state index contributed by atoms with van der Waals surface area (Å²) in [4.78, 5) is 32.7. The average molecular weight is 448 g/mol. The fraction of sp³-hybridized carbons (Fsp3) is 0.542. The summed E-state index contributed by atoms with van der Waals surface area (Å²) in [5.41, 5.74) is 2.27. The summed E-state index contributed by atoms with van der Waals surface area (Å²) in [5, 5.41) is 11.5. The number of aryl methyl sites for hydroxylation is 2. The molecule has 2 fully saturated rings. The first-order valence-electron chi connectivity index (χ1n) is 12.0. The molecular formula is C24H29N7O2. The number of rotatable bonds is 4. The monoisotopic (exact) mass is 447 g/mol. The second-order valence-electron chi connectivity index (χ2n) is 9.95. The molecule has 2 amide bonds. The van der Waals surface area contributed by atoms with E-state index in [9.17, 15) is 9.59 Å². The van der Waals surface area contributed by atoms with Crippen LogP contribution in [0.3, 0.4) is 0 Å². The number of carbonyl (C=O) groups excluding carboxylic acids is 2. The van der Waals surface area contributed by atoms with Crippen LogP contribution in [0.2, 0.25) is 0 Å². The van der Waals surface area contributed by atoms with Gasteiger partial charge in [0, 0.05) is 38.8 Å². The molecule has 1 atom stereocenters. The Hall–Kier alpha value is -3.23. The minimum absolute atomic E-state index is 0.0480. The third-order valence-corrected chi connectivity index (χ3v) is 7.66. The molecule has 3 aliphatic rings. The molecular weight excluding hydrogens is 418 g/mol. The topological polar surface area (TPSA) is 97.4 Å². The van der Waals surface area contributed by atoms with Crippen LogP contribution in [0.5, 0.6) is 0 Å². The van der Waals surface area contributed by atoms with Crippen molar-refractivity contribution in [2.75, 3.05) is 19.6 Å². The molecule has 9 nitrogen and oxygen atoms in total. The zero-order chi connectivity index (χ0) is 22.6. The first-order valence-corrected chi connectivity index (χ1v) is 12.0. The number of carbonyl (C=O) groups is 2. The number of aromatic nitrogens is 5. The van der Waals surface area contributed by atoms with Gasteiger partial charge in [0.1, 0.15) is 17.2 Å². The smallest absolute Gasteiger partial charge is 0.289 e. The fourth-order valence-electron chi connectivity index (χ4n) is 5.45. The second-order valence-corrected chi connectivity index (χ2v) is 9.95. The van der Waals surface area contributed by atoms with E-state index in [1.54, 1.807) is 0 Å². The lowest BCUT2D eigenvalue weighted by molar-refractivity contribution is 0.0759. The summed E-state index contributed by atoms with van der Waals surface area (Å²) in [6.45, 7) is 4.82. The van der Waals surface area contributed by atoms with Crippen LogP contribution in [-0.4, -0.2) is 60.5 Å². The van der Waals surface area contributed by atoms with Crippen molar-refractivity contribution in [2.24, 2.45) is 11.3 Å². The number of nitrogens with zero attached hydrogens (tertiary/aromatic N) is 6. The lowest BCUT2D eigenvalue weighted by Crippen LogP contribution is -2.33. The van der Waals surface area contributed by atoms with Gasteiger partial charge in [-0.1, -0.05) is 6.07 Å². The third-order valence-electron chi connectivity index (χ3n) is 7.66. The van der Waals surface area contributed by atoms with E-state index in [0.29, 0.717) is 24.0 Å². The molecule has 3 aromatic rings. The van der Waals surface area contributed by atoms with E-state index in [1.807, 2.05) is 45.2 Å². The quantitative estimate of drug-likeness (QED) is 0.662. The van der Waals surface area contributed by atoms with Crippen LogP contribution in [0.25, 0.3) is 5.65 Å². The molecule has 172 valence electrons. The normalized spacial score (nSPS) is 22.5. The van der Waals surface area contributed by atoms with Crippen molar-refractivity contribution in [2.45, 2.75) is 52.0 Å². The van der Waals surface area contributed by atoms with Crippen molar-refractivity contribution < 1.29 is 9.59 Å². The summed E-state index contributed by atoms with van der Waals surface area (Å²) < 4.78 is 3.89. The van der Waals surface area contributed by atoms with Gasteiger partial charge in [0.2, 0.25) is 5.82 Å². The van der Waals surface area contributed by atoms with Gasteiger partial charge in [-0.15, -0.1) is 10.2 Å². The maximum Gasteiger partial charge on any atom is 0.289 e. The maximum absolute atomic E-state index is 13.5. The summed E-state index contributed by atoms with van der Waals surface area (Å²) in [6.07, 6.45) is 7.91. The Balaban J connectivity index is 1.17. The van der Waals surface area contributed by atoms with E-state index in [1.165, 1.54) is 12.8 Å². The van der Waals surface area contributed by atoms with Crippen LogP contribution in [0.4, 0.5) is 0 Å². The van der Waals surface area contributed by atoms with Crippen LogP contribution in [0.1, 0.15) is 64.7 Å². The van der Waals surface area contributed by atoms with E-state index >= 15 is 0 Å². The molecule has 0 bridgehead atoms. The Morgan fingerprint density at radius 3 is 2.85 bits per heavy atom. The minimum atomic E-state index is -0.122. The van der Waals surface area contributed by atoms with Gasteiger partial charge in [-0.05, 0) is 62.5 Å². The lowest BCUT2D eigenvalue weighted by Gasteiger charge is -2.27. The highest BCUT2D eigenvalue weighted by Gasteiger charge is 2.42. The molecule has 1 spiro atoms. The van der Waals surface area contributed by atoms with E-state index in [2.05, 4.69) is 20.5 Å². The largest absolute Gasteiger partial charge is 0.349 e. The SMILES string of the molecule is Cc1nc2ccccn2c1C(=O)N1CCC2(CCc3nnc(C(=O)NCC4CC4)n3CC2)C1. The molecule has 1 N–H and O–H groups in total. The fourth-order valence-corrected chi connectivity index (χ4v) is 5.45. The van der Waals surface area contributed by atoms with Crippen molar-refractivity contribution in [3.63, 3.8) is 0 Å². The average Bonchev–Trinajstić information content (AvgIpc) is 3.31. The van der Waals surface area contributed by atoms with Crippen LogP contribution < -0.4 is 5.32 Å². The second kappa shape index (κ2) is 7.67. The molecule has 6 rings (SSSR count). The number of amides is 2. The molecule has 0 radical (unpaired) electrons. The van der Waals surface area contributed by atoms with Gasteiger partial charge in [-0.2, -0.15) is 0 Å². The molecule has 2 aliphatic heterocycles. The van der Waals surface area contributed by atoms with Crippen LogP contribution in [-0.2, 0) is 13.0 Å². The highest BCUT2D eigenvalue weighted by Crippen LogP contribution is 2.41. The Kier molecular flexibility index (Phi) is 4.74.